The number of rotatable bonds is 4. The van der Waals surface area contributed by atoms with Crippen molar-refractivity contribution in [3.8, 4) is 0 Å². The zero-order valence-corrected chi connectivity index (χ0v) is 10.8. The Morgan fingerprint density at radius 3 is 2.53 bits per heavy atom. The van der Waals surface area contributed by atoms with E-state index in [9.17, 15) is 17.6 Å². The molecule has 104 valence electrons. The molecule has 0 spiro atoms. The molecule has 1 rings (SSSR count). The van der Waals surface area contributed by atoms with E-state index in [-0.39, 0.29) is 17.2 Å². The van der Waals surface area contributed by atoms with Gasteiger partial charge in [0.15, 0.2) is 0 Å². The molecule has 0 saturated carbocycles. The number of aromatic nitrogens is 2. The molecule has 0 aliphatic heterocycles. The number of alkyl halides is 4. The van der Waals surface area contributed by atoms with E-state index in [4.69, 9.17) is 11.6 Å². The number of hydrogen-bond donors (Lipinski definition) is 0. The van der Waals surface area contributed by atoms with Crippen molar-refractivity contribution in [3.63, 3.8) is 0 Å². The Balaban J connectivity index is 2.88. The summed E-state index contributed by atoms with van der Waals surface area (Å²) in [5.74, 6) is -0.505. The van der Waals surface area contributed by atoms with E-state index in [0.717, 1.165) is 10.9 Å². The van der Waals surface area contributed by atoms with Gasteiger partial charge in [-0.15, -0.1) is 11.6 Å². The van der Waals surface area contributed by atoms with E-state index < -0.39 is 17.6 Å². The van der Waals surface area contributed by atoms with Crippen molar-refractivity contribution in [3.05, 3.63) is 48.1 Å². The predicted octanol–water partition coefficient (Wildman–Crippen LogP) is 4.41. The molecular weight excluding hydrogens is 284 g/mol. The first-order chi connectivity index (χ1) is 8.75. The molecule has 0 amide bonds. The smallest absolute Gasteiger partial charge is 0.241 e. The van der Waals surface area contributed by atoms with E-state index >= 15 is 0 Å². The Bertz CT molecular complexity index is 522. The van der Waals surface area contributed by atoms with Crippen LogP contribution >= 0.6 is 11.6 Å². The Hall–Kier alpha value is -1.56. The van der Waals surface area contributed by atoms with Gasteiger partial charge in [0.2, 0.25) is 0 Å². The van der Waals surface area contributed by atoms with Gasteiger partial charge in [-0.05, 0) is 18.6 Å². The minimum absolute atomic E-state index is 0.0426. The summed E-state index contributed by atoms with van der Waals surface area (Å²) >= 11 is 5.51. The topological polar surface area (TPSA) is 17.8 Å². The number of allylic oxidation sites excluding steroid dienone is 5. The lowest BCUT2D eigenvalue weighted by Crippen LogP contribution is -2.02. The maximum atomic E-state index is 12.9. The summed E-state index contributed by atoms with van der Waals surface area (Å²) in [5.41, 5.74) is -0.484. The van der Waals surface area contributed by atoms with Gasteiger partial charge in [-0.1, -0.05) is 12.7 Å². The summed E-state index contributed by atoms with van der Waals surface area (Å²) in [7, 11) is 0. The van der Waals surface area contributed by atoms with Crippen LogP contribution in [0.15, 0.2) is 42.5 Å². The number of halogens is 5. The first-order valence-corrected chi connectivity index (χ1v) is 5.69. The second-order valence-electron chi connectivity index (χ2n) is 3.69. The Kier molecular flexibility index (Phi) is 4.94. The summed E-state index contributed by atoms with van der Waals surface area (Å²) in [5, 5.41) is 3.53. The maximum absolute atomic E-state index is 12.9. The lowest BCUT2D eigenvalue weighted by atomic mass is 10.2. The van der Waals surface area contributed by atoms with Crippen molar-refractivity contribution in [2.24, 2.45) is 0 Å². The summed E-state index contributed by atoms with van der Waals surface area (Å²) in [6, 6.07) is 0. The third-order valence-corrected chi connectivity index (χ3v) is 2.56. The molecule has 7 heteroatoms. The van der Waals surface area contributed by atoms with Gasteiger partial charge in [-0.3, -0.25) is 0 Å². The predicted molar refractivity (Wildman–Crippen MR) is 66.2 cm³/mol. The molecule has 0 aliphatic rings. The van der Waals surface area contributed by atoms with Gasteiger partial charge in [0.25, 0.3) is 0 Å². The third kappa shape index (κ3) is 4.24. The number of hydrogen-bond acceptors (Lipinski definition) is 1. The van der Waals surface area contributed by atoms with Crippen molar-refractivity contribution in [2.75, 3.05) is 5.88 Å². The van der Waals surface area contributed by atoms with Crippen LogP contribution in [0.3, 0.4) is 0 Å². The van der Waals surface area contributed by atoms with Crippen molar-refractivity contribution >= 4 is 17.3 Å². The monoisotopic (exact) mass is 294 g/mol. The van der Waals surface area contributed by atoms with Crippen molar-refractivity contribution in [1.29, 1.82) is 0 Å². The molecule has 1 aromatic heterocycles. The highest BCUT2D eigenvalue weighted by Gasteiger charge is 2.32. The van der Waals surface area contributed by atoms with Gasteiger partial charge in [0.1, 0.15) is 5.83 Å². The maximum Gasteiger partial charge on any atom is 0.419 e. The standard InChI is InChI=1S/C12H11ClF4N2/c1-8(3-4-10(5-13)9(2)14)19-7-11(6-18-19)12(15,16)17/h3-4,6-7H,1,5H2,2H3/b4-3-,10-9-. The molecule has 2 nitrogen and oxygen atoms in total. The summed E-state index contributed by atoms with van der Waals surface area (Å²) in [4.78, 5) is 0. The molecule has 0 N–H and O–H groups in total. The van der Waals surface area contributed by atoms with Gasteiger partial charge in [-0.25, -0.2) is 9.07 Å². The van der Waals surface area contributed by atoms with Crippen LogP contribution in [-0.2, 0) is 6.18 Å². The third-order valence-electron chi connectivity index (χ3n) is 2.27. The van der Waals surface area contributed by atoms with Gasteiger partial charge in [0.05, 0.1) is 17.5 Å². The fourth-order valence-electron chi connectivity index (χ4n) is 1.15. The molecule has 0 aromatic carbocycles. The zero-order chi connectivity index (χ0) is 14.6. The largest absolute Gasteiger partial charge is 0.419 e. The second kappa shape index (κ2) is 6.06. The SMILES string of the molecule is C=C(/C=C\C(CCl)=C(/C)F)n1cc(C(F)(F)F)cn1. The average molecular weight is 295 g/mol. The van der Waals surface area contributed by atoms with E-state index in [2.05, 4.69) is 11.7 Å². The molecule has 0 unspecified atom stereocenters. The van der Waals surface area contributed by atoms with Crippen molar-refractivity contribution < 1.29 is 17.6 Å². The minimum atomic E-state index is -4.46. The zero-order valence-electron chi connectivity index (χ0n) is 10.0. The quantitative estimate of drug-likeness (QED) is 0.457. The Labute approximate surface area is 112 Å². The summed E-state index contributed by atoms with van der Waals surface area (Å²) in [6.07, 6.45) is -0.274. The van der Waals surface area contributed by atoms with Crippen LogP contribution < -0.4 is 0 Å². The molecule has 0 radical (unpaired) electrons. The van der Waals surface area contributed by atoms with Crippen LogP contribution in [0.4, 0.5) is 17.6 Å². The highest BCUT2D eigenvalue weighted by molar-refractivity contribution is 6.19. The average Bonchev–Trinajstić information content (AvgIpc) is 2.77. The van der Waals surface area contributed by atoms with Crippen LogP contribution in [-0.4, -0.2) is 15.7 Å². The number of nitrogens with zero attached hydrogens (tertiary/aromatic N) is 2. The highest BCUT2D eigenvalue weighted by Crippen LogP contribution is 2.29. The van der Waals surface area contributed by atoms with Crippen LogP contribution in [0.1, 0.15) is 12.5 Å². The fraction of sp³-hybridized carbons (Fsp3) is 0.250. The first kappa shape index (κ1) is 15.5. The summed E-state index contributed by atoms with van der Waals surface area (Å²) in [6.45, 7) is 4.78. The molecule has 0 bridgehead atoms. The van der Waals surface area contributed by atoms with Crippen LogP contribution in [0.5, 0.6) is 0 Å². The molecule has 0 fully saturated rings. The van der Waals surface area contributed by atoms with Crippen molar-refractivity contribution in [2.45, 2.75) is 13.1 Å². The lowest BCUT2D eigenvalue weighted by molar-refractivity contribution is -0.137. The van der Waals surface area contributed by atoms with Crippen LogP contribution in [0.2, 0.25) is 0 Å². The van der Waals surface area contributed by atoms with Gasteiger partial charge in [-0.2, -0.15) is 18.3 Å². The highest BCUT2D eigenvalue weighted by atomic mass is 35.5. The first-order valence-electron chi connectivity index (χ1n) is 5.16. The molecule has 0 saturated heterocycles. The lowest BCUT2D eigenvalue weighted by Gasteiger charge is -2.02. The van der Waals surface area contributed by atoms with Crippen LogP contribution in [0.25, 0.3) is 5.70 Å². The van der Waals surface area contributed by atoms with Gasteiger partial charge in [0, 0.05) is 12.1 Å². The van der Waals surface area contributed by atoms with Gasteiger partial charge < -0.3 is 0 Å². The Morgan fingerprint density at radius 2 is 2.11 bits per heavy atom. The van der Waals surface area contributed by atoms with Crippen LogP contribution in [0, 0.1) is 0 Å². The molecule has 1 aromatic rings. The minimum Gasteiger partial charge on any atom is -0.241 e. The van der Waals surface area contributed by atoms with Gasteiger partial charge >= 0.3 is 6.18 Å². The fourth-order valence-corrected chi connectivity index (χ4v) is 1.42. The molecule has 0 atom stereocenters. The molecule has 19 heavy (non-hydrogen) atoms. The van der Waals surface area contributed by atoms with E-state index in [0.29, 0.717) is 6.20 Å². The van der Waals surface area contributed by atoms with Crippen molar-refractivity contribution in [1.82, 2.24) is 9.78 Å². The second-order valence-corrected chi connectivity index (χ2v) is 3.96. The Morgan fingerprint density at radius 1 is 1.47 bits per heavy atom. The normalized spacial score (nSPS) is 13.8. The molecule has 1 heterocycles. The molecular formula is C12H11ClF4N2. The summed E-state index contributed by atoms with van der Waals surface area (Å²) < 4.78 is 51.0. The van der Waals surface area contributed by atoms with E-state index in [1.54, 1.807) is 0 Å². The van der Waals surface area contributed by atoms with E-state index in [1.165, 1.54) is 19.1 Å². The van der Waals surface area contributed by atoms with E-state index in [1.807, 2.05) is 0 Å². The molecule has 0 aliphatic carbocycles.